The summed E-state index contributed by atoms with van der Waals surface area (Å²) in [5.41, 5.74) is 15.3. The van der Waals surface area contributed by atoms with E-state index in [9.17, 15) is 9.59 Å². The third-order valence-corrected chi connectivity index (χ3v) is 3.75. The maximum Gasteiger partial charge on any atom is 0.240 e. The lowest BCUT2D eigenvalue weighted by molar-refractivity contribution is -0.136. The molecule has 2 amide bonds. The predicted octanol–water partition coefficient (Wildman–Crippen LogP) is 2.21. The zero-order valence-electron chi connectivity index (χ0n) is 11.8. The van der Waals surface area contributed by atoms with E-state index in [0.717, 1.165) is 5.56 Å². The number of hydrogen-bond donors (Lipinski definition) is 1. The highest BCUT2D eigenvalue weighted by atomic mass is 16.2. The topological polar surface area (TPSA) is 112 Å². The summed E-state index contributed by atoms with van der Waals surface area (Å²) in [6, 6.07) is 6.60. The molecule has 1 aliphatic heterocycles. The number of primary amides is 1. The molecule has 1 aliphatic rings. The van der Waals surface area contributed by atoms with Gasteiger partial charge in [0.25, 0.3) is 0 Å². The minimum atomic E-state index is -0.553. The molecule has 1 fully saturated rings. The van der Waals surface area contributed by atoms with E-state index in [1.54, 1.807) is 23.1 Å². The second-order valence-corrected chi connectivity index (χ2v) is 5.06. The molecule has 0 bridgehead atoms. The Balaban J connectivity index is 2.21. The number of benzene rings is 1. The molecule has 0 aromatic heterocycles. The lowest BCUT2D eigenvalue weighted by Crippen LogP contribution is -2.45. The van der Waals surface area contributed by atoms with Gasteiger partial charge in [-0.3, -0.25) is 9.59 Å². The molecule has 0 spiro atoms. The molecule has 1 unspecified atom stereocenters. The van der Waals surface area contributed by atoms with E-state index in [-0.39, 0.29) is 11.8 Å². The van der Waals surface area contributed by atoms with Gasteiger partial charge in [0.1, 0.15) is 6.04 Å². The summed E-state index contributed by atoms with van der Waals surface area (Å²) in [5.74, 6) is -0.561. The Kier molecular flexibility index (Phi) is 4.45. The first-order valence-corrected chi connectivity index (χ1v) is 6.80. The number of amides is 2. The molecule has 7 nitrogen and oxygen atoms in total. The molecule has 21 heavy (non-hydrogen) atoms. The van der Waals surface area contributed by atoms with Crippen molar-refractivity contribution in [3.05, 3.63) is 40.3 Å². The molecule has 1 saturated heterocycles. The van der Waals surface area contributed by atoms with Crippen molar-refractivity contribution in [3.8, 4) is 0 Å². The molecular weight excluding hydrogens is 270 g/mol. The Morgan fingerprint density at radius 2 is 2.38 bits per heavy atom. The molecule has 1 heterocycles. The number of likely N-dealkylation sites (tertiary alicyclic amines) is 1. The minimum absolute atomic E-state index is 0.0141. The second-order valence-electron chi connectivity index (χ2n) is 5.06. The summed E-state index contributed by atoms with van der Waals surface area (Å²) < 4.78 is 0. The van der Waals surface area contributed by atoms with Crippen LogP contribution < -0.4 is 5.73 Å². The highest BCUT2D eigenvalue weighted by Crippen LogP contribution is 2.31. The van der Waals surface area contributed by atoms with Crippen LogP contribution in [0.15, 0.2) is 29.4 Å². The van der Waals surface area contributed by atoms with Crippen LogP contribution >= 0.6 is 0 Å². The van der Waals surface area contributed by atoms with Crippen molar-refractivity contribution >= 4 is 17.5 Å². The van der Waals surface area contributed by atoms with E-state index < -0.39 is 11.9 Å². The first-order chi connectivity index (χ1) is 10.1. The first kappa shape index (κ1) is 14.9. The minimum Gasteiger partial charge on any atom is -0.368 e. The number of hydrogen-bond acceptors (Lipinski definition) is 3. The number of carbonyl (C=O) groups is 2. The number of nitrogens with zero attached hydrogens (tertiary/aromatic N) is 4. The molecule has 0 aliphatic carbocycles. The van der Waals surface area contributed by atoms with Gasteiger partial charge in [0.05, 0.1) is 0 Å². The zero-order chi connectivity index (χ0) is 15.4. The number of nitrogens with two attached hydrogens (primary N) is 1. The van der Waals surface area contributed by atoms with E-state index in [0.29, 0.717) is 25.1 Å². The molecule has 0 radical (unpaired) electrons. The Labute approximate surface area is 122 Å². The van der Waals surface area contributed by atoms with Crippen molar-refractivity contribution in [3.63, 3.8) is 0 Å². The number of rotatable bonds is 5. The van der Waals surface area contributed by atoms with Crippen LogP contribution in [0.1, 0.15) is 31.2 Å². The summed E-state index contributed by atoms with van der Waals surface area (Å²) in [6.45, 7) is 2.29. The van der Waals surface area contributed by atoms with Crippen molar-refractivity contribution < 1.29 is 9.59 Å². The predicted molar refractivity (Wildman–Crippen MR) is 77.6 cm³/mol. The van der Waals surface area contributed by atoms with Crippen molar-refractivity contribution in [2.75, 3.05) is 6.54 Å². The number of carbonyl (C=O) groups excluding carboxylic acids is 2. The fraction of sp³-hybridized carbons (Fsp3) is 0.429. The zero-order valence-corrected chi connectivity index (χ0v) is 11.8. The molecule has 0 saturated carbocycles. The van der Waals surface area contributed by atoms with Crippen LogP contribution in [0.4, 0.5) is 5.69 Å². The SMILES string of the molecule is CC[C@H](C(N)=O)N1CC(c2cccc(N=[N+]=[N-])c2)CC1=O. The molecule has 2 rings (SSSR count). The normalized spacial score (nSPS) is 19.2. The van der Waals surface area contributed by atoms with Crippen LogP contribution in [-0.4, -0.2) is 29.3 Å². The van der Waals surface area contributed by atoms with Gasteiger partial charge < -0.3 is 10.6 Å². The van der Waals surface area contributed by atoms with Crippen LogP contribution in [0.2, 0.25) is 0 Å². The number of azide groups is 1. The summed E-state index contributed by atoms with van der Waals surface area (Å²) in [4.78, 5) is 27.8. The Bertz CT molecular complexity index is 609. The van der Waals surface area contributed by atoms with Gasteiger partial charge in [-0.05, 0) is 23.6 Å². The first-order valence-electron chi connectivity index (χ1n) is 6.80. The van der Waals surface area contributed by atoms with Crippen LogP contribution in [0.5, 0.6) is 0 Å². The third-order valence-electron chi connectivity index (χ3n) is 3.75. The quantitative estimate of drug-likeness (QED) is 0.508. The van der Waals surface area contributed by atoms with Gasteiger partial charge in [0.15, 0.2) is 0 Å². The van der Waals surface area contributed by atoms with E-state index in [1.165, 1.54) is 0 Å². The summed E-state index contributed by atoms with van der Waals surface area (Å²) >= 11 is 0. The van der Waals surface area contributed by atoms with Gasteiger partial charge in [-0.1, -0.05) is 30.2 Å². The van der Waals surface area contributed by atoms with Gasteiger partial charge in [-0.15, -0.1) is 0 Å². The summed E-state index contributed by atoms with van der Waals surface area (Å²) in [5, 5.41) is 3.56. The van der Waals surface area contributed by atoms with E-state index in [1.807, 2.05) is 13.0 Å². The molecular formula is C14H17N5O2. The van der Waals surface area contributed by atoms with Crippen molar-refractivity contribution in [2.24, 2.45) is 10.8 Å². The van der Waals surface area contributed by atoms with Gasteiger partial charge in [0.2, 0.25) is 11.8 Å². The van der Waals surface area contributed by atoms with Crippen molar-refractivity contribution in [1.82, 2.24) is 4.90 Å². The Morgan fingerprint density at radius 1 is 1.62 bits per heavy atom. The third kappa shape index (κ3) is 3.14. The van der Waals surface area contributed by atoms with Crippen molar-refractivity contribution in [1.29, 1.82) is 0 Å². The maximum absolute atomic E-state index is 12.1. The van der Waals surface area contributed by atoms with Gasteiger partial charge in [-0.25, -0.2) is 0 Å². The maximum atomic E-state index is 12.1. The largest absolute Gasteiger partial charge is 0.368 e. The summed E-state index contributed by atoms with van der Waals surface area (Å²) in [6.07, 6.45) is 0.843. The fourth-order valence-corrected chi connectivity index (χ4v) is 2.72. The second kappa shape index (κ2) is 6.28. The van der Waals surface area contributed by atoms with Crippen molar-refractivity contribution in [2.45, 2.75) is 31.7 Å². The van der Waals surface area contributed by atoms with Crippen LogP contribution in [0, 0.1) is 0 Å². The van der Waals surface area contributed by atoms with Crippen LogP contribution in [0.3, 0.4) is 0 Å². The monoisotopic (exact) mass is 287 g/mol. The molecule has 110 valence electrons. The molecule has 2 atom stereocenters. The fourth-order valence-electron chi connectivity index (χ4n) is 2.72. The molecule has 1 aromatic carbocycles. The molecule has 7 heteroatoms. The Morgan fingerprint density at radius 3 is 3.00 bits per heavy atom. The average Bonchev–Trinajstić information content (AvgIpc) is 2.82. The summed E-state index contributed by atoms with van der Waals surface area (Å²) in [7, 11) is 0. The van der Waals surface area contributed by atoms with Crippen LogP contribution in [0.25, 0.3) is 10.4 Å². The van der Waals surface area contributed by atoms with E-state index in [2.05, 4.69) is 10.0 Å². The van der Waals surface area contributed by atoms with Gasteiger partial charge >= 0.3 is 0 Å². The molecule has 2 N–H and O–H groups in total. The molecule has 1 aromatic rings. The average molecular weight is 287 g/mol. The smallest absolute Gasteiger partial charge is 0.240 e. The standard InChI is InChI=1S/C14H17N5O2/c1-2-12(14(15)21)19-8-10(7-13(19)20)9-4-3-5-11(6-9)17-18-16/h3-6,10,12H,2,7-8H2,1H3,(H2,15,21)/t10?,12-/m1/s1. The van der Waals surface area contributed by atoms with E-state index >= 15 is 0 Å². The highest BCUT2D eigenvalue weighted by Gasteiger charge is 2.36. The lowest BCUT2D eigenvalue weighted by Gasteiger charge is -2.24. The van der Waals surface area contributed by atoms with Crippen LogP contribution in [-0.2, 0) is 9.59 Å². The Hall–Kier alpha value is -2.53. The lowest BCUT2D eigenvalue weighted by atomic mass is 9.98. The van der Waals surface area contributed by atoms with Gasteiger partial charge in [-0.2, -0.15) is 0 Å². The van der Waals surface area contributed by atoms with E-state index in [4.69, 9.17) is 11.3 Å². The van der Waals surface area contributed by atoms with Gasteiger partial charge in [0, 0.05) is 29.5 Å². The highest BCUT2D eigenvalue weighted by molar-refractivity contribution is 5.88.